The third-order valence-electron chi connectivity index (χ3n) is 6.76. The Hall–Kier alpha value is -3.55. The van der Waals surface area contributed by atoms with Crippen molar-refractivity contribution in [2.24, 2.45) is 5.92 Å². The van der Waals surface area contributed by atoms with E-state index in [0.717, 1.165) is 0 Å². The molecule has 5 rings (SSSR count). The molecule has 2 aliphatic heterocycles. The van der Waals surface area contributed by atoms with Gasteiger partial charge in [0.1, 0.15) is 5.54 Å². The maximum absolute atomic E-state index is 14.0. The molecule has 1 saturated heterocycles. The number of Topliss-reactive ketones (excluding diaryl/α,β-unsaturated/α-hetero) is 1. The van der Waals surface area contributed by atoms with Crippen LogP contribution >= 0.6 is 11.6 Å². The normalized spacial score (nSPS) is 24.0. The molecule has 1 amide bonds. The van der Waals surface area contributed by atoms with E-state index in [1.54, 1.807) is 61.6 Å². The molecule has 166 valence electrons. The lowest BCUT2D eigenvalue weighted by Crippen LogP contribution is -2.51. The van der Waals surface area contributed by atoms with E-state index < -0.39 is 22.3 Å². The number of hydrogen-bond donors (Lipinski definition) is 1. The molecular formula is C25H20ClN3O4. The maximum Gasteiger partial charge on any atom is 0.269 e. The fourth-order valence-electron chi connectivity index (χ4n) is 5.36. The van der Waals surface area contributed by atoms with Gasteiger partial charge in [0.15, 0.2) is 5.78 Å². The number of anilines is 1. The van der Waals surface area contributed by atoms with Crippen molar-refractivity contribution < 1.29 is 14.5 Å². The summed E-state index contributed by atoms with van der Waals surface area (Å²) in [6, 6.07) is 20.3. The second-order valence-electron chi connectivity index (χ2n) is 8.46. The minimum atomic E-state index is -1.29. The molecule has 3 aromatic carbocycles. The number of non-ortho nitro benzene ring substituents is 1. The Balaban J connectivity index is 1.74. The lowest BCUT2D eigenvalue weighted by atomic mass is 9.70. The highest BCUT2D eigenvalue weighted by atomic mass is 35.5. The van der Waals surface area contributed by atoms with Gasteiger partial charge in [-0.2, -0.15) is 0 Å². The molecule has 0 aromatic heterocycles. The van der Waals surface area contributed by atoms with Crippen molar-refractivity contribution in [1.29, 1.82) is 0 Å². The molecule has 3 aromatic rings. The van der Waals surface area contributed by atoms with E-state index in [2.05, 4.69) is 5.32 Å². The number of amides is 1. The van der Waals surface area contributed by atoms with Gasteiger partial charge in [-0.15, -0.1) is 0 Å². The van der Waals surface area contributed by atoms with Crippen molar-refractivity contribution in [2.75, 3.05) is 18.9 Å². The van der Waals surface area contributed by atoms with Crippen LogP contribution in [0.1, 0.15) is 27.4 Å². The number of nitro benzene ring substituents is 1. The standard InChI is InChI=1S/C25H20ClN3O4/c1-28-14-19(16-8-5-9-18(12-16)29(32)33)22(23(30)15-6-3-2-4-7-15)25(28)20-13-17(26)10-11-21(20)27-24(25)31/h2-13,19,22H,14H2,1H3,(H,27,31)/t19-,22+,25-/m1/s1. The van der Waals surface area contributed by atoms with Gasteiger partial charge in [0.25, 0.3) is 5.69 Å². The molecule has 0 radical (unpaired) electrons. The van der Waals surface area contributed by atoms with Crippen LogP contribution in [-0.2, 0) is 10.3 Å². The summed E-state index contributed by atoms with van der Waals surface area (Å²) in [6.07, 6.45) is 0. The molecule has 1 spiro atoms. The second kappa shape index (κ2) is 7.79. The van der Waals surface area contributed by atoms with Crippen LogP contribution in [0, 0.1) is 16.0 Å². The van der Waals surface area contributed by atoms with Crippen LogP contribution in [0.25, 0.3) is 0 Å². The van der Waals surface area contributed by atoms with Gasteiger partial charge in [-0.1, -0.05) is 54.1 Å². The first kappa shape index (κ1) is 21.3. The fraction of sp³-hybridized carbons (Fsp3) is 0.200. The smallest absolute Gasteiger partial charge is 0.269 e. The number of likely N-dealkylation sites (tertiary alicyclic amines) is 1. The average molecular weight is 462 g/mol. The van der Waals surface area contributed by atoms with Crippen molar-refractivity contribution in [3.8, 4) is 0 Å². The highest BCUT2D eigenvalue weighted by Crippen LogP contribution is 2.56. The number of likely N-dealkylation sites (N-methyl/N-ethyl adjacent to an activating group) is 1. The van der Waals surface area contributed by atoms with E-state index in [-0.39, 0.29) is 17.4 Å². The molecule has 0 saturated carbocycles. The third kappa shape index (κ3) is 3.15. The first-order valence-corrected chi connectivity index (χ1v) is 10.9. The molecule has 0 bridgehead atoms. The molecule has 0 unspecified atom stereocenters. The molecule has 2 heterocycles. The average Bonchev–Trinajstić information content (AvgIpc) is 3.29. The molecule has 7 nitrogen and oxygen atoms in total. The van der Waals surface area contributed by atoms with Gasteiger partial charge in [0, 0.05) is 46.4 Å². The highest BCUT2D eigenvalue weighted by molar-refractivity contribution is 6.31. The molecule has 1 N–H and O–H groups in total. The van der Waals surface area contributed by atoms with Crippen LogP contribution < -0.4 is 5.32 Å². The van der Waals surface area contributed by atoms with E-state index in [1.807, 2.05) is 11.0 Å². The van der Waals surface area contributed by atoms with Gasteiger partial charge in [-0.3, -0.25) is 24.6 Å². The van der Waals surface area contributed by atoms with Gasteiger partial charge >= 0.3 is 0 Å². The molecule has 33 heavy (non-hydrogen) atoms. The van der Waals surface area contributed by atoms with Crippen LogP contribution in [0.5, 0.6) is 0 Å². The van der Waals surface area contributed by atoms with Crippen molar-refractivity contribution in [3.63, 3.8) is 0 Å². The van der Waals surface area contributed by atoms with Crippen LogP contribution in [0.4, 0.5) is 11.4 Å². The van der Waals surface area contributed by atoms with E-state index in [4.69, 9.17) is 11.6 Å². The Morgan fingerprint density at radius 3 is 2.61 bits per heavy atom. The van der Waals surface area contributed by atoms with Crippen LogP contribution in [0.3, 0.4) is 0 Å². The number of rotatable bonds is 4. The quantitative estimate of drug-likeness (QED) is 0.347. The maximum atomic E-state index is 14.0. The zero-order valence-corrected chi connectivity index (χ0v) is 18.5. The van der Waals surface area contributed by atoms with E-state index >= 15 is 0 Å². The molecule has 2 aliphatic rings. The summed E-state index contributed by atoms with van der Waals surface area (Å²) in [5.41, 5.74) is 1.04. The van der Waals surface area contributed by atoms with Crippen LogP contribution in [0.15, 0.2) is 72.8 Å². The number of carbonyl (C=O) groups is 2. The minimum Gasteiger partial charge on any atom is -0.324 e. The van der Waals surface area contributed by atoms with E-state index in [0.29, 0.717) is 33.9 Å². The van der Waals surface area contributed by atoms with Gasteiger partial charge < -0.3 is 5.32 Å². The number of benzene rings is 3. The number of hydrogen-bond acceptors (Lipinski definition) is 5. The van der Waals surface area contributed by atoms with E-state index in [9.17, 15) is 19.7 Å². The number of nitro groups is 1. The van der Waals surface area contributed by atoms with Crippen LogP contribution in [0.2, 0.25) is 5.02 Å². The first-order valence-electron chi connectivity index (χ1n) is 10.5. The fourth-order valence-corrected chi connectivity index (χ4v) is 5.53. The Bertz CT molecular complexity index is 1300. The van der Waals surface area contributed by atoms with Crippen molar-refractivity contribution in [3.05, 3.63) is 105 Å². The summed E-state index contributed by atoms with van der Waals surface area (Å²) in [6.45, 7) is 0.365. The summed E-state index contributed by atoms with van der Waals surface area (Å²) in [5, 5.41) is 14.8. The van der Waals surface area contributed by atoms with E-state index in [1.165, 1.54) is 12.1 Å². The minimum absolute atomic E-state index is 0.0543. The zero-order chi connectivity index (χ0) is 23.3. The van der Waals surface area contributed by atoms with Gasteiger partial charge in [-0.05, 0) is 30.8 Å². The molecule has 1 fully saturated rings. The Labute approximate surface area is 195 Å². The Morgan fingerprint density at radius 2 is 1.88 bits per heavy atom. The van der Waals surface area contributed by atoms with Crippen molar-refractivity contribution >= 4 is 34.7 Å². The number of nitrogens with zero attached hydrogens (tertiary/aromatic N) is 2. The van der Waals surface area contributed by atoms with Crippen molar-refractivity contribution in [1.82, 2.24) is 4.90 Å². The number of nitrogens with one attached hydrogen (secondary N) is 1. The van der Waals surface area contributed by atoms with Crippen LogP contribution in [-0.4, -0.2) is 35.1 Å². The summed E-state index contributed by atoms with van der Waals surface area (Å²) < 4.78 is 0. The third-order valence-corrected chi connectivity index (χ3v) is 7.00. The lowest BCUT2D eigenvalue weighted by molar-refractivity contribution is -0.384. The highest BCUT2D eigenvalue weighted by Gasteiger charge is 2.64. The number of carbonyl (C=O) groups excluding carboxylic acids is 2. The topological polar surface area (TPSA) is 92.5 Å². The molecule has 3 atom stereocenters. The van der Waals surface area contributed by atoms with Crippen molar-refractivity contribution in [2.45, 2.75) is 11.5 Å². The summed E-state index contributed by atoms with van der Waals surface area (Å²) in [5.74, 6) is -1.76. The molecule has 8 heteroatoms. The molecular weight excluding hydrogens is 442 g/mol. The number of fused-ring (bicyclic) bond motifs is 2. The summed E-state index contributed by atoms with van der Waals surface area (Å²) in [4.78, 5) is 40.5. The SMILES string of the molecule is CN1C[C@H](c2cccc([N+](=O)[O-])c2)[C@@H](C(=O)c2ccccc2)[C@]12C(=O)Nc1ccc(Cl)cc12. The Kier molecular flexibility index (Phi) is 5.03. The predicted molar refractivity (Wildman–Crippen MR) is 124 cm³/mol. The first-order chi connectivity index (χ1) is 15.8. The lowest BCUT2D eigenvalue weighted by Gasteiger charge is -2.35. The van der Waals surface area contributed by atoms with Gasteiger partial charge in [-0.25, -0.2) is 0 Å². The van der Waals surface area contributed by atoms with Gasteiger partial charge in [0.05, 0.1) is 10.8 Å². The second-order valence-corrected chi connectivity index (χ2v) is 8.89. The number of halogens is 1. The summed E-state index contributed by atoms with van der Waals surface area (Å²) in [7, 11) is 1.80. The summed E-state index contributed by atoms with van der Waals surface area (Å²) >= 11 is 6.32. The molecule has 0 aliphatic carbocycles. The number of ketones is 1. The monoisotopic (exact) mass is 461 g/mol. The Morgan fingerprint density at radius 1 is 1.12 bits per heavy atom. The predicted octanol–water partition coefficient (Wildman–Crippen LogP) is 4.62. The van der Waals surface area contributed by atoms with Gasteiger partial charge in [0.2, 0.25) is 5.91 Å². The zero-order valence-electron chi connectivity index (χ0n) is 17.7. The largest absolute Gasteiger partial charge is 0.324 e.